The quantitative estimate of drug-likeness (QED) is 0.673. The van der Waals surface area contributed by atoms with Crippen molar-refractivity contribution in [3.05, 3.63) is 11.4 Å². The molecule has 4 heteroatoms. The lowest BCUT2D eigenvalue weighted by molar-refractivity contribution is -0.127. The lowest BCUT2D eigenvalue weighted by Crippen LogP contribution is -2.32. The molecule has 0 aliphatic carbocycles. The number of hydrogen-bond acceptors (Lipinski definition) is 3. The summed E-state index contributed by atoms with van der Waals surface area (Å²) in [6.07, 6.45) is 0.162. The Hall–Kier alpha value is -1.50. The Labute approximate surface area is 77.6 Å². The van der Waals surface area contributed by atoms with E-state index >= 15 is 0 Å². The molecular formula is C9H13N3O. The standard InChI is InChI=1S/C9H13N3O/c1-6(2)5-12-8(13)3-7(4-10)9(12)11/h6H,3,5,11H2,1-2H3. The van der Waals surface area contributed by atoms with Crippen molar-refractivity contribution in [3.63, 3.8) is 0 Å². The van der Waals surface area contributed by atoms with Gasteiger partial charge in [-0.05, 0) is 5.92 Å². The Balaban J connectivity index is 2.81. The van der Waals surface area contributed by atoms with E-state index in [0.717, 1.165) is 0 Å². The molecule has 0 atom stereocenters. The highest BCUT2D eigenvalue weighted by Gasteiger charge is 2.28. The zero-order valence-electron chi connectivity index (χ0n) is 7.87. The Morgan fingerprint density at radius 2 is 2.31 bits per heavy atom. The lowest BCUT2D eigenvalue weighted by atomic mass is 10.2. The third kappa shape index (κ3) is 1.81. The fraction of sp³-hybridized carbons (Fsp3) is 0.556. The predicted molar refractivity (Wildman–Crippen MR) is 48.0 cm³/mol. The molecule has 4 nitrogen and oxygen atoms in total. The van der Waals surface area contributed by atoms with Crippen LogP contribution in [0.4, 0.5) is 0 Å². The number of nitriles is 1. The number of carbonyl (C=O) groups is 1. The first-order valence-electron chi connectivity index (χ1n) is 4.25. The molecule has 0 radical (unpaired) electrons. The van der Waals surface area contributed by atoms with Gasteiger partial charge in [0.15, 0.2) is 0 Å². The van der Waals surface area contributed by atoms with Gasteiger partial charge in [-0.15, -0.1) is 0 Å². The summed E-state index contributed by atoms with van der Waals surface area (Å²) in [4.78, 5) is 12.8. The summed E-state index contributed by atoms with van der Waals surface area (Å²) < 4.78 is 0. The number of rotatable bonds is 2. The second-order valence-electron chi connectivity index (χ2n) is 3.55. The monoisotopic (exact) mass is 179 g/mol. The second kappa shape index (κ2) is 3.48. The number of carbonyl (C=O) groups excluding carboxylic acids is 1. The van der Waals surface area contributed by atoms with Crippen molar-refractivity contribution in [3.8, 4) is 6.07 Å². The van der Waals surface area contributed by atoms with Crippen LogP contribution in [0.1, 0.15) is 20.3 Å². The van der Waals surface area contributed by atoms with E-state index in [1.807, 2.05) is 19.9 Å². The van der Waals surface area contributed by atoms with Crippen LogP contribution in [0.2, 0.25) is 0 Å². The van der Waals surface area contributed by atoms with Crippen molar-refractivity contribution in [2.75, 3.05) is 6.54 Å². The number of nitrogens with zero attached hydrogens (tertiary/aromatic N) is 2. The molecule has 0 aromatic rings. The molecule has 0 spiro atoms. The van der Waals surface area contributed by atoms with E-state index < -0.39 is 0 Å². The van der Waals surface area contributed by atoms with Gasteiger partial charge >= 0.3 is 0 Å². The summed E-state index contributed by atoms with van der Waals surface area (Å²) in [5.74, 6) is 0.629. The second-order valence-corrected chi connectivity index (χ2v) is 3.55. The van der Waals surface area contributed by atoms with Crippen molar-refractivity contribution in [1.29, 1.82) is 5.26 Å². The zero-order valence-corrected chi connectivity index (χ0v) is 7.87. The minimum Gasteiger partial charge on any atom is -0.384 e. The fourth-order valence-corrected chi connectivity index (χ4v) is 1.30. The molecule has 0 aromatic heterocycles. The van der Waals surface area contributed by atoms with E-state index in [0.29, 0.717) is 23.9 Å². The van der Waals surface area contributed by atoms with Gasteiger partial charge in [0, 0.05) is 6.54 Å². The van der Waals surface area contributed by atoms with Gasteiger partial charge in [-0.25, -0.2) is 0 Å². The average Bonchev–Trinajstić information content (AvgIpc) is 2.31. The molecule has 0 aromatic carbocycles. The predicted octanol–water partition coefficient (Wildman–Crippen LogP) is 0.569. The van der Waals surface area contributed by atoms with E-state index in [-0.39, 0.29) is 12.3 Å². The van der Waals surface area contributed by atoms with Crippen molar-refractivity contribution in [1.82, 2.24) is 4.90 Å². The van der Waals surface area contributed by atoms with Crippen molar-refractivity contribution in [2.45, 2.75) is 20.3 Å². The molecule has 13 heavy (non-hydrogen) atoms. The summed E-state index contributed by atoms with van der Waals surface area (Å²) in [5, 5.41) is 8.64. The maximum absolute atomic E-state index is 11.3. The van der Waals surface area contributed by atoms with E-state index in [4.69, 9.17) is 11.0 Å². The first-order chi connectivity index (χ1) is 6.06. The fourth-order valence-electron chi connectivity index (χ4n) is 1.30. The average molecular weight is 179 g/mol. The number of hydrogen-bond donors (Lipinski definition) is 1. The van der Waals surface area contributed by atoms with Gasteiger partial charge in [-0.3, -0.25) is 9.69 Å². The Morgan fingerprint density at radius 1 is 1.69 bits per heavy atom. The highest BCUT2D eigenvalue weighted by molar-refractivity contribution is 5.85. The molecule has 70 valence electrons. The van der Waals surface area contributed by atoms with Crippen LogP contribution >= 0.6 is 0 Å². The van der Waals surface area contributed by atoms with Crippen LogP contribution in [0.5, 0.6) is 0 Å². The SMILES string of the molecule is CC(C)CN1C(=O)CC(C#N)=C1N. The van der Waals surface area contributed by atoms with Crippen LogP contribution in [0.25, 0.3) is 0 Å². The minimum absolute atomic E-state index is 0.0669. The maximum Gasteiger partial charge on any atom is 0.233 e. The molecular weight excluding hydrogens is 166 g/mol. The van der Waals surface area contributed by atoms with E-state index in [2.05, 4.69) is 0 Å². The minimum atomic E-state index is -0.0669. The van der Waals surface area contributed by atoms with Gasteiger partial charge < -0.3 is 5.73 Å². The molecule has 1 rings (SSSR count). The normalized spacial score (nSPS) is 17.1. The highest BCUT2D eigenvalue weighted by Crippen LogP contribution is 2.20. The molecule has 0 saturated heterocycles. The summed E-state index contributed by atoms with van der Waals surface area (Å²) in [6.45, 7) is 4.60. The molecule has 1 aliphatic heterocycles. The molecule has 0 fully saturated rings. The van der Waals surface area contributed by atoms with Crippen LogP contribution in [-0.2, 0) is 4.79 Å². The lowest BCUT2D eigenvalue weighted by Gasteiger charge is -2.19. The Morgan fingerprint density at radius 3 is 2.69 bits per heavy atom. The third-order valence-corrected chi connectivity index (χ3v) is 1.91. The molecule has 1 aliphatic rings. The first-order valence-corrected chi connectivity index (χ1v) is 4.25. The van der Waals surface area contributed by atoms with Gasteiger partial charge in [-0.1, -0.05) is 13.8 Å². The van der Waals surface area contributed by atoms with Gasteiger partial charge in [0.2, 0.25) is 5.91 Å². The topological polar surface area (TPSA) is 70.1 Å². The van der Waals surface area contributed by atoms with E-state index in [9.17, 15) is 4.79 Å². The van der Waals surface area contributed by atoms with Gasteiger partial charge in [0.1, 0.15) is 5.82 Å². The van der Waals surface area contributed by atoms with Gasteiger partial charge in [0.25, 0.3) is 0 Å². The van der Waals surface area contributed by atoms with Crippen LogP contribution in [0.15, 0.2) is 11.4 Å². The number of nitrogens with two attached hydrogens (primary N) is 1. The van der Waals surface area contributed by atoms with Crippen LogP contribution < -0.4 is 5.73 Å². The molecule has 0 unspecified atom stereocenters. The number of amides is 1. The largest absolute Gasteiger partial charge is 0.384 e. The molecule has 0 saturated carbocycles. The summed E-state index contributed by atoms with van der Waals surface area (Å²) in [6, 6.07) is 1.94. The summed E-state index contributed by atoms with van der Waals surface area (Å²) in [5.41, 5.74) is 6.03. The van der Waals surface area contributed by atoms with Crippen LogP contribution in [-0.4, -0.2) is 17.4 Å². The van der Waals surface area contributed by atoms with Crippen molar-refractivity contribution in [2.24, 2.45) is 11.7 Å². The summed E-state index contributed by atoms with van der Waals surface area (Å²) in [7, 11) is 0. The van der Waals surface area contributed by atoms with Crippen LogP contribution in [0.3, 0.4) is 0 Å². The molecule has 1 heterocycles. The van der Waals surface area contributed by atoms with Crippen molar-refractivity contribution < 1.29 is 4.79 Å². The Bertz CT molecular complexity index is 298. The van der Waals surface area contributed by atoms with Gasteiger partial charge in [-0.2, -0.15) is 5.26 Å². The summed E-state index contributed by atoms with van der Waals surface area (Å²) >= 11 is 0. The van der Waals surface area contributed by atoms with Crippen molar-refractivity contribution >= 4 is 5.91 Å². The third-order valence-electron chi connectivity index (χ3n) is 1.91. The molecule has 1 amide bonds. The van der Waals surface area contributed by atoms with E-state index in [1.165, 1.54) is 4.90 Å². The first kappa shape index (κ1) is 9.59. The Kier molecular flexibility index (Phi) is 2.57. The maximum atomic E-state index is 11.3. The molecule has 2 N–H and O–H groups in total. The van der Waals surface area contributed by atoms with Gasteiger partial charge in [0.05, 0.1) is 18.1 Å². The van der Waals surface area contributed by atoms with Crippen LogP contribution in [0, 0.1) is 17.2 Å². The van der Waals surface area contributed by atoms with E-state index in [1.54, 1.807) is 0 Å². The highest BCUT2D eigenvalue weighted by atomic mass is 16.2. The zero-order chi connectivity index (χ0) is 10.0. The smallest absolute Gasteiger partial charge is 0.233 e. The molecule has 0 bridgehead atoms.